The predicted octanol–water partition coefficient (Wildman–Crippen LogP) is 9.49. The number of methoxy groups -OCH3 is 1. The first kappa shape index (κ1) is 42.4. The van der Waals surface area contributed by atoms with Gasteiger partial charge in [-0.25, -0.2) is 0 Å². The molecule has 1 rings (SSSR count). The van der Waals surface area contributed by atoms with Crippen LogP contribution in [0.1, 0.15) is 161 Å². The summed E-state index contributed by atoms with van der Waals surface area (Å²) >= 11 is 0. The highest BCUT2D eigenvalue weighted by molar-refractivity contribution is 5.74. The second-order valence-electron chi connectivity index (χ2n) is 12.7. The Morgan fingerprint density at radius 1 is 0.711 bits per heavy atom. The van der Waals surface area contributed by atoms with E-state index >= 15 is 0 Å². The molecule has 4 N–H and O–H groups in total. The molecule has 0 amide bonds. The van der Waals surface area contributed by atoms with E-state index in [1.165, 1.54) is 97.0 Å². The molecule has 1 aromatic carbocycles. The summed E-state index contributed by atoms with van der Waals surface area (Å²) in [6.07, 6.45) is 24.6. The van der Waals surface area contributed by atoms with Gasteiger partial charge in [0, 0.05) is 12.8 Å². The number of hydrogen-bond acceptors (Lipinski definition) is 6. The monoisotopic (exact) mass is 635 g/mol. The second-order valence-corrected chi connectivity index (χ2v) is 12.7. The van der Waals surface area contributed by atoms with Crippen molar-refractivity contribution < 1.29 is 34.1 Å². The second kappa shape index (κ2) is 28.8. The van der Waals surface area contributed by atoms with Crippen LogP contribution < -0.4 is 15.2 Å². The van der Waals surface area contributed by atoms with Crippen LogP contribution in [0.2, 0.25) is 0 Å². The molecule has 8 nitrogen and oxygen atoms in total. The highest BCUT2D eigenvalue weighted by Crippen LogP contribution is 2.29. The van der Waals surface area contributed by atoms with Crippen molar-refractivity contribution in [2.75, 3.05) is 7.11 Å². The van der Waals surface area contributed by atoms with E-state index in [-0.39, 0.29) is 12.4 Å². The fraction of sp³-hybridized carbons (Fsp3) is 0.757. The van der Waals surface area contributed by atoms with Crippen LogP contribution in [-0.4, -0.2) is 41.3 Å². The van der Waals surface area contributed by atoms with Crippen LogP contribution in [-0.2, 0) is 20.8 Å². The molecule has 0 aliphatic heterocycles. The smallest absolute Gasteiger partial charge is 0.320 e. The lowest BCUT2D eigenvalue weighted by Gasteiger charge is -2.12. The molecule has 45 heavy (non-hydrogen) atoms. The van der Waals surface area contributed by atoms with Gasteiger partial charge in [-0.3, -0.25) is 14.4 Å². The van der Waals surface area contributed by atoms with Gasteiger partial charge in [-0.2, -0.15) is 0 Å². The summed E-state index contributed by atoms with van der Waals surface area (Å²) in [7, 11) is 1.47. The molecule has 0 aliphatic rings. The molecule has 0 radical (unpaired) electrons. The van der Waals surface area contributed by atoms with Gasteiger partial charge >= 0.3 is 17.9 Å². The molecule has 0 fully saturated rings. The first-order chi connectivity index (χ1) is 21.6. The van der Waals surface area contributed by atoms with Crippen molar-refractivity contribution in [1.29, 1.82) is 0 Å². The predicted molar refractivity (Wildman–Crippen MR) is 183 cm³/mol. The lowest BCUT2D eigenvalue weighted by molar-refractivity contribution is -0.139. The molecule has 0 bridgehead atoms. The van der Waals surface area contributed by atoms with Crippen molar-refractivity contribution >= 4 is 17.9 Å². The number of carbonyl (C=O) groups is 3. The Morgan fingerprint density at radius 2 is 1.20 bits per heavy atom. The zero-order valence-corrected chi connectivity index (χ0v) is 29.0. The Balaban J connectivity index is 0.000000870. The van der Waals surface area contributed by atoms with Crippen LogP contribution in [0.15, 0.2) is 18.2 Å². The van der Waals surface area contributed by atoms with E-state index in [1.807, 2.05) is 0 Å². The number of carboxylic acids is 2. The SMILES string of the molecule is CC(C)CCCCCCCCCCCCCCCC(=O)O.CCCCCCCC(=O)Oc1ccc(C[C@H](N)C(=O)O)cc1OC. The zero-order valence-electron chi connectivity index (χ0n) is 29.0. The molecule has 1 aromatic rings. The maximum Gasteiger partial charge on any atom is 0.320 e. The Kier molecular flexibility index (Phi) is 27.2. The summed E-state index contributed by atoms with van der Waals surface area (Å²) in [4.78, 5) is 33.0. The van der Waals surface area contributed by atoms with Gasteiger partial charge in [0.15, 0.2) is 11.5 Å². The number of hydrogen-bond donors (Lipinski definition) is 3. The van der Waals surface area contributed by atoms with Crippen molar-refractivity contribution in [3.8, 4) is 11.5 Å². The maximum absolute atomic E-state index is 11.9. The van der Waals surface area contributed by atoms with Gasteiger partial charge in [0.1, 0.15) is 6.04 Å². The molecule has 260 valence electrons. The van der Waals surface area contributed by atoms with E-state index < -0.39 is 18.0 Å². The number of rotatable bonds is 27. The number of carbonyl (C=O) groups excluding carboxylic acids is 1. The summed E-state index contributed by atoms with van der Waals surface area (Å²) in [5.41, 5.74) is 6.23. The zero-order chi connectivity index (χ0) is 33.7. The highest BCUT2D eigenvalue weighted by atomic mass is 16.6. The fourth-order valence-electron chi connectivity index (χ4n) is 5.08. The minimum Gasteiger partial charge on any atom is -0.493 e. The Morgan fingerprint density at radius 3 is 1.67 bits per heavy atom. The Labute approximate surface area is 273 Å². The maximum atomic E-state index is 11.9. The summed E-state index contributed by atoms with van der Waals surface area (Å²) < 4.78 is 10.6. The average molecular weight is 636 g/mol. The molecule has 0 saturated heterocycles. The largest absolute Gasteiger partial charge is 0.493 e. The number of nitrogens with two attached hydrogens (primary N) is 1. The first-order valence-corrected chi connectivity index (χ1v) is 17.7. The van der Waals surface area contributed by atoms with Gasteiger partial charge in [-0.1, -0.05) is 136 Å². The number of ether oxygens (including phenoxy) is 2. The van der Waals surface area contributed by atoms with Gasteiger partial charge in [0.25, 0.3) is 0 Å². The molecule has 0 spiro atoms. The molecule has 0 aliphatic carbocycles. The van der Waals surface area contributed by atoms with Crippen molar-refractivity contribution in [1.82, 2.24) is 0 Å². The summed E-state index contributed by atoms with van der Waals surface area (Å²) in [5.74, 6) is -0.409. The standard InChI is InChI=1S/C19H38O2.C18H27NO5/c1-18(2)16-14-12-10-8-6-4-3-5-7-9-11-13-15-17-19(20)21;1-3-4-5-6-7-8-17(20)24-15-10-9-13(12-16(15)23-2)11-14(19)18(21)22/h18H,3-17H2,1-2H3,(H,20,21);9-10,12,14H,3-8,11,19H2,1-2H3,(H,21,22)/t;14-/m.0/s1. The van der Waals surface area contributed by atoms with Gasteiger partial charge in [0.2, 0.25) is 0 Å². The van der Waals surface area contributed by atoms with E-state index in [1.54, 1.807) is 18.2 Å². The van der Waals surface area contributed by atoms with E-state index in [4.69, 9.17) is 25.4 Å². The van der Waals surface area contributed by atoms with Gasteiger partial charge in [0.05, 0.1) is 7.11 Å². The third kappa shape index (κ3) is 26.3. The van der Waals surface area contributed by atoms with Crippen molar-refractivity contribution in [2.45, 2.75) is 168 Å². The quantitative estimate of drug-likeness (QED) is 0.0494. The van der Waals surface area contributed by atoms with Gasteiger partial charge < -0.3 is 25.4 Å². The number of unbranched alkanes of at least 4 members (excludes halogenated alkanes) is 16. The van der Waals surface area contributed by atoms with Crippen LogP contribution >= 0.6 is 0 Å². The molecule has 0 aromatic heterocycles. The van der Waals surface area contributed by atoms with Crippen molar-refractivity contribution in [3.05, 3.63) is 23.8 Å². The molecule has 1 atom stereocenters. The lowest BCUT2D eigenvalue weighted by atomic mass is 10.0. The van der Waals surface area contributed by atoms with E-state index in [0.29, 0.717) is 29.9 Å². The number of benzene rings is 1. The van der Waals surface area contributed by atoms with Crippen LogP contribution in [0.3, 0.4) is 0 Å². The summed E-state index contributed by atoms with van der Waals surface area (Å²) in [5, 5.41) is 17.4. The number of esters is 1. The summed E-state index contributed by atoms with van der Waals surface area (Å²) in [6, 6.07) is 3.96. The molecule has 0 unspecified atom stereocenters. The fourth-order valence-corrected chi connectivity index (χ4v) is 5.08. The van der Waals surface area contributed by atoms with Crippen LogP contribution in [0, 0.1) is 5.92 Å². The lowest BCUT2D eigenvalue weighted by Crippen LogP contribution is -2.32. The number of aliphatic carboxylic acids is 2. The molecule has 0 saturated carbocycles. The van der Waals surface area contributed by atoms with Crippen molar-refractivity contribution in [3.63, 3.8) is 0 Å². The third-order valence-corrected chi connectivity index (χ3v) is 7.88. The summed E-state index contributed by atoms with van der Waals surface area (Å²) in [6.45, 7) is 6.77. The van der Waals surface area contributed by atoms with Crippen molar-refractivity contribution in [2.24, 2.45) is 11.7 Å². The third-order valence-electron chi connectivity index (χ3n) is 7.88. The van der Waals surface area contributed by atoms with Crippen LogP contribution in [0.4, 0.5) is 0 Å². The van der Waals surface area contributed by atoms with Crippen LogP contribution in [0.5, 0.6) is 11.5 Å². The number of carboxylic acid groups (broad SMARTS) is 2. The van der Waals surface area contributed by atoms with Gasteiger partial charge in [-0.15, -0.1) is 0 Å². The topological polar surface area (TPSA) is 136 Å². The highest BCUT2D eigenvalue weighted by Gasteiger charge is 2.15. The minimum atomic E-state index is -1.06. The molecular formula is C37H65NO7. The van der Waals surface area contributed by atoms with E-state index in [2.05, 4.69) is 20.8 Å². The Bertz CT molecular complexity index is 903. The van der Waals surface area contributed by atoms with E-state index in [0.717, 1.165) is 38.0 Å². The first-order valence-electron chi connectivity index (χ1n) is 17.7. The molecule has 8 heteroatoms. The van der Waals surface area contributed by atoms with Gasteiger partial charge in [-0.05, 0) is 42.9 Å². The van der Waals surface area contributed by atoms with Crippen LogP contribution in [0.25, 0.3) is 0 Å². The molecule has 0 heterocycles. The molecular weight excluding hydrogens is 570 g/mol. The normalized spacial score (nSPS) is 11.5. The van der Waals surface area contributed by atoms with E-state index in [9.17, 15) is 14.4 Å². The average Bonchev–Trinajstić information content (AvgIpc) is 2.99. The minimum absolute atomic E-state index is 0.178. The Hall–Kier alpha value is -2.61.